The number of ether oxygens (including phenoxy) is 1. The van der Waals surface area contributed by atoms with E-state index >= 15 is 0 Å². The number of nitrogens with zero attached hydrogens (tertiary/aromatic N) is 1. The van der Waals surface area contributed by atoms with Gasteiger partial charge in [-0.05, 0) is 30.3 Å². The van der Waals surface area contributed by atoms with Gasteiger partial charge >= 0.3 is 0 Å². The zero-order chi connectivity index (χ0) is 13.8. The summed E-state index contributed by atoms with van der Waals surface area (Å²) in [5.41, 5.74) is 0.0562. The van der Waals surface area contributed by atoms with Crippen molar-refractivity contribution in [3.05, 3.63) is 57.6 Å². The maximum Gasteiger partial charge on any atom is 0.283 e. The SMILES string of the molecule is COc1ccc([N+](=O)[O-])c(Sc2ccc(Cl)cc2)c1. The second-order valence-corrected chi connectivity index (χ2v) is 5.20. The lowest BCUT2D eigenvalue weighted by atomic mass is 10.3. The van der Waals surface area contributed by atoms with Crippen LogP contribution >= 0.6 is 23.4 Å². The third kappa shape index (κ3) is 3.39. The van der Waals surface area contributed by atoms with E-state index in [1.807, 2.05) is 12.1 Å². The lowest BCUT2D eigenvalue weighted by molar-refractivity contribution is -0.387. The molecule has 0 saturated heterocycles. The van der Waals surface area contributed by atoms with Gasteiger partial charge in [0, 0.05) is 22.1 Å². The number of methoxy groups -OCH3 is 1. The monoisotopic (exact) mass is 295 g/mol. The standard InChI is InChI=1S/C13H10ClNO3S/c1-18-10-4-7-12(15(16)17)13(8-10)19-11-5-2-9(14)3-6-11/h2-8H,1H3. The van der Waals surface area contributed by atoms with Crippen LogP contribution in [0.1, 0.15) is 0 Å². The van der Waals surface area contributed by atoms with Crippen LogP contribution in [0.5, 0.6) is 5.75 Å². The highest BCUT2D eigenvalue weighted by Gasteiger charge is 2.15. The van der Waals surface area contributed by atoms with Gasteiger partial charge in [-0.2, -0.15) is 0 Å². The van der Waals surface area contributed by atoms with Crippen molar-refractivity contribution >= 4 is 29.1 Å². The van der Waals surface area contributed by atoms with Crippen LogP contribution in [0.2, 0.25) is 5.02 Å². The molecule has 2 aromatic rings. The molecule has 0 unspecified atom stereocenters. The van der Waals surface area contributed by atoms with Crippen molar-refractivity contribution in [1.29, 1.82) is 0 Å². The molecule has 19 heavy (non-hydrogen) atoms. The molecule has 98 valence electrons. The summed E-state index contributed by atoms with van der Waals surface area (Å²) in [6.07, 6.45) is 0. The molecule has 0 amide bonds. The summed E-state index contributed by atoms with van der Waals surface area (Å²) in [4.78, 5) is 12.0. The summed E-state index contributed by atoms with van der Waals surface area (Å²) in [6.45, 7) is 0. The predicted molar refractivity (Wildman–Crippen MR) is 75.2 cm³/mol. The normalized spacial score (nSPS) is 10.2. The van der Waals surface area contributed by atoms with Gasteiger partial charge in [0.2, 0.25) is 0 Å². The van der Waals surface area contributed by atoms with Crippen LogP contribution in [0.3, 0.4) is 0 Å². The topological polar surface area (TPSA) is 52.4 Å². The Morgan fingerprint density at radius 2 is 1.89 bits per heavy atom. The molecule has 0 aliphatic rings. The van der Waals surface area contributed by atoms with Gasteiger partial charge in [0.1, 0.15) is 5.75 Å². The van der Waals surface area contributed by atoms with Crippen molar-refractivity contribution < 1.29 is 9.66 Å². The lowest BCUT2D eigenvalue weighted by Gasteiger charge is -2.05. The van der Waals surface area contributed by atoms with E-state index in [2.05, 4.69) is 0 Å². The maximum atomic E-state index is 11.0. The van der Waals surface area contributed by atoms with Gasteiger partial charge in [-0.1, -0.05) is 23.4 Å². The second-order valence-electron chi connectivity index (χ2n) is 3.65. The van der Waals surface area contributed by atoms with Crippen molar-refractivity contribution in [2.75, 3.05) is 7.11 Å². The highest BCUT2D eigenvalue weighted by atomic mass is 35.5. The van der Waals surface area contributed by atoms with Gasteiger partial charge in [-0.15, -0.1) is 0 Å². The average molecular weight is 296 g/mol. The van der Waals surface area contributed by atoms with Crippen LogP contribution in [-0.2, 0) is 0 Å². The molecule has 0 atom stereocenters. The van der Waals surface area contributed by atoms with Gasteiger partial charge < -0.3 is 4.74 Å². The van der Waals surface area contributed by atoms with E-state index in [4.69, 9.17) is 16.3 Å². The summed E-state index contributed by atoms with van der Waals surface area (Å²) in [7, 11) is 1.53. The minimum Gasteiger partial charge on any atom is -0.497 e. The molecular formula is C13H10ClNO3S. The molecule has 0 aliphatic carbocycles. The zero-order valence-electron chi connectivity index (χ0n) is 10.00. The number of halogens is 1. The van der Waals surface area contributed by atoms with Crippen LogP contribution < -0.4 is 4.74 Å². The molecule has 0 spiro atoms. The van der Waals surface area contributed by atoms with E-state index in [0.717, 1.165) is 4.90 Å². The summed E-state index contributed by atoms with van der Waals surface area (Å²) in [6, 6.07) is 11.8. The molecule has 0 aromatic heterocycles. The van der Waals surface area contributed by atoms with Gasteiger partial charge in [0.15, 0.2) is 0 Å². The Labute approximate surface area is 119 Å². The highest BCUT2D eigenvalue weighted by Crippen LogP contribution is 2.37. The number of rotatable bonds is 4. The fraction of sp³-hybridized carbons (Fsp3) is 0.0769. The first-order chi connectivity index (χ1) is 9.10. The van der Waals surface area contributed by atoms with Crippen molar-refractivity contribution in [3.63, 3.8) is 0 Å². The van der Waals surface area contributed by atoms with Crippen LogP contribution in [0, 0.1) is 10.1 Å². The predicted octanol–water partition coefficient (Wildman–Crippen LogP) is 4.41. The van der Waals surface area contributed by atoms with E-state index < -0.39 is 4.92 Å². The molecule has 0 fully saturated rings. The fourth-order valence-corrected chi connectivity index (χ4v) is 2.56. The summed E-state index contributed by atoms with van der Waals surface area (Å²) >= 11 is 7.11. The Morgan fingerprint density at radius 1 is 1.21 bits per heavy atom. The molecule has 0 saturated carbocycles. The van der Waals surface area contributed by atoms with Gasteiger partial charge in [-0.3, -0.25) is 10.1 Å². The van der Waals surface area contributed by atoms with E-state index in [1.54, 1.807) is 24.3 Å². The number of hydrogen-bond acceptors (Lipinski definition) is 4. The minimum atomic E-state index is -0.405. The van der Waals surface area contributed by atoms with Gasteiger partial charge in [-0.25, -0.2) is 0 Å². The molecule has 0 bridgehead atoms. The Kier molecular flexibility index (Phi) is 4.29. The Morgan fingerprint density at radius 3 is 2.47 bits per heavy atom. The first-order valence-corrected chi connectivity index (χ1v) is 6.55. The van der Waals surface area contributed by atoms with Crippen molar-refractivity contribution in [1.82, 2.24) is 0 Å². The van der Waals surface area contributed by atoms with Gasteiger partial charge in [0.25, 0.3) is 5.69 Å². The molecule has 4 nitrogen and oxygen atoms in total. The third-order valence-electron chi connectivity index (χ3n) is 2.41. The van der Waals surface area contributed by atoms with Crippen LogP contribution in [-0.4, -0.2) is 12.0 Å². The first kappa shape index (κ1) is 13.7. The molecule has 0 heterocycles. The summed E-state index contributed by atoms with van der Waals surface area (Å²) < 4.78 is 5.09. The lowest BCUT2D eigenvalue weighted by Crippen LogP contribution is -1.92. The molecule has 0 N–H and O–H groups in total. The van der Waals surface area contributed by atoms with E-state index in [0.29, 0.717) is 15.7 Å². The molecule has 2 aromatic carbocycles. The summed E-state index contributed by atoms with van der Waals surface area (Å²) in [5.74, 6) is 0.585. The van der Waals surface area contributed by atoms with Crippen LogP contribution in [0.4, 0.5) is 5.69 Å². The third-order valence-corrected chi connectivity index (χ3v) is 3.71. The summed E-state index contributed by atoms with van der Waals surface area (Å²) in [5, 5.41) is 11.6. The van der Waals surface area contributed by atoms with E-state index in [9.17, 15) is 10.1 Å². The second kappa shape index (κ2) is 5.95. The highest BCUT2D eigenvalue weighted by molar-refractivity contribution is 7.99. The molecule has 2 rings (SSSR count). The Hall–Kier alpha value is -1.72. The van der Waals surface area contributed by atoms with Crippen molar-refractivity contribution in [3.8, 4) is 5.75 Å². The van der Waals surface area contributed by atoms with E-state index in [-0.39, 0.29) is 5.69 Å². The maximum absolute atomic E-state index is 11.0. The van der Waals surface area contributed by atoms with Crippen LogP contribution in [0.15, 0.2) is 52.3 Å². The largest absolute Gasteiger partial charge is 0.497 e. The number of hydrogen-bond donors (Lipinski definition) is 0. The van der Waals surface area contributed by atoms with Crippen molar-refractivity contribution in [2.45, 2.75) is 9.79 Å². The number of benzene rings is 2. The first-order valence-electron chi connectivity index (χ1n) is 5.36. The van der Waals surface area contributed by atoms with Crippen molar-refractivity contribution in [2.24, 2.45) is 0 Å². The molecular weight excluding hydrogens is 286 g/mol. The molecule has 6 heteroatoms. The average Bonchev–Trinajstić information content (AvgIpc) is 2.41. The fourth-order valence-electron chi connectivity index (χ4n) is 1.48. The number of nitro groups is 1. The number of nitro benzene ring substituents is 1. The van der Waals surface area contributed by atoms with E-state index in [1.165, 1.54) is 24.9 Å². The zero-order valence-corrected chi connectivity index (χ0v) is 11.6. The molecule has 0 aliphatic heterocycles. The molecule has 0 radical (unpaired) electrons. The smallest absolute Gasteiger partial charge is 0.283 e. The minimum absolute atomic E-state index is 0.0562. The van der Waals surface area contributed by atoms with Gasteiger partial charge in [0.05, 0.1) is 16.9 Å². The van der Waals surface area contributed by atoms with Crippen LogP contribution in [0.25, 0.3) is 0 Å². The quantitative estimate of drug-likeness (QED) is 0.619. The Bertz CT molecular complexity index is 601. The Balaban J connectivity index is 2.36.